The van der Waals surface area contributed by atoms with Gasteiger partial charge >= 0.3 is 0 Å². The van der Waals surface area contributed by atoms with Crippen molar-refractivity contribution in [1.29, 1.82) is 0 Å². The Morgan fingerprint density at radius 3 is 2.58 bits per heavy atom. The third-order valence-electron chi connectivity index (χ3n) is 3.85. The summed E-state index contributed by atoms with van der Waals surface area (Å²) in [7, 11) is 0. The minimum absolute atomic E-state index is 1.12. The van der Waals surface area contributed by atoms with Crippen LogP contribution in [0.3, 0.4) is 0 Å². The molecule has 2 aromatic rings. The highest BCUT2D eigenvalue weighted by Gasteiger charge is 2.21. The van der Waals surface area contributed by atoms with Gasteiger partial charge in [0.1, 0.15) is 0 Å². The quantitative estimate of drug-likeness (QED) is 0.541. The number of aryl methyl sites for hydroxylation is 1. The largest absolute Gasteiger partial charge is 0.247 e. The predicted octanol–water partition coefficient (Wildman–Crippen LogP) is 5.36. The Bertz CT molecular complexity index is 572. The number of nitrogens with zero attached hydrogens (tertiary/aromatic N) is 1. The van der Waals surface area contributed by atoms with Crippen molar-refractivity contribution < 1.29 is 0 Å². The van der Waals surface area contributed by atoms with E-state index in [1.807, 2.05) is 0 Å². The van der Waals surface area contributed by atoms with Gasteiger partial charge in [0.25, 0.3) is 0 Å². The van der Waals surface area contributed by atoms with Gasteiger partial charge in [-0.15, -0.1) is 0 Å². The van der Waals surface area contributed by atoms with Crippen molar-refractivity contribution >= 4 is 11.4 Å². The number of hydrogen-bond acceptors (Lipinski definition) is 0. The molecule has 1 aliphatic heterocycles. The zero-order valence-corrected chi connectivity index (χ0v) is 11.5. The summed E-state index contributed by atoms with van der Waals surface area (Å²) in [5.74, 6) is 0. The Labute approximate surface area is 115 Å². The monoisotopic (exact) mass is 250 g/mol. The second-order valence-corrected chi connectivity index (χ2v) is 5.25. The van der Waals surface area contributed by atoms with Gasteiger partial charge < -0.3 is 0 Å². The van der Waals surface area contributed by atoms with E-state index in [9.17, 15) is 0 Å². The van der Waals surface area contributed by atoms with Crippen LogP contribution in [-0.2, 0) is 6.42 Å². The summed E-state index contributed by atoms with van der Waals surface area (Å²) in [6.07, 6.45) is 6.39. The number of fused-ring (bicyclic) bond motifs is 3. The molecule has 1 nitrogen and oxygen atoms in total. The van der Waals surface area contributed by atoms with Gasteiger partial charge in [-0.05, 0) is 24.5 Å². The SMILES string of the molecule is CCCCCCc1cccc2c1[N]c1ccccc1-2. The molecule has 0 saturated heterocycles. The summed E-state index contributed by atoms with van der Waals surface area (Å²) < 4.78 is 0. The van der Waals surface area contributed by atoms with Crippen molar-refractivity contribution in [2.75, 3.05) is 0 Å². The van der Waals surface area contributed by atoms with Crippen LogP contribution in [-0.4, -0.2) is 0 Å². The molecule has 1 heteroatoms. The van der Waals surface area contributed by atoms with E-state index < -0.39 is 0 Å². The number of rotatable bonds is 5. The van der Waals surface area contributed by atoms with Crippen molar-refractivity contribution in [2.24, 2.45) is 0 Å². The van der Waals surface area contributed by atoms with E-state index in [4.69, 9.17) is 5.32 Å². The maximum atomic E-state index is 4.81. The standard InChI is InChI=1S/C18H20N/c1-2-3-4-5-9-14-10-8-12-16-15-11-6-7-13-17(15)19-18(14)16/h6-8,10-13H,2-5,9H2,1H3. The number of para-hydroxylation sites is 2. The van der Waals surface area contributed by atoms with Crippen LogP contribution in [0.2, 0.25) is 0 Å². The second kappa shape index (κ2) is 5.48. The van der Waals surface area contributed by atoms with Crippen molar-refractivity contribution in [3.63, 3.8) is 0 Å². The predicted molar refractivity (Wildman–Crippen MR) is 81.2 cm³/mol. The fourth-order valence-electron chi connectivity index (χ4n) is 2.80. The lowest BCUT2D eigenvalue weighted by Gasteiger charge is -2.07. The van der Waals surface area contributed by atoms with Crippen molar-refractivity contribution in [3.8, 4) is 11.1 Å². The first kappa shape index (κ1) is 12.3. The van der Waals surface area contributed by atoms with Crippen LogP contribution in [0.5, 0.6) is 0 Å². The van der Waals surface area contributed by atoms with Crippen LogP contribution in [0, 0.1) is 0 Å². The van der Waals surface area contributed by atoms with Crippen LogP contribution < -0.4 is 5.32 Å². The third kappa shape index (κ3) is 2.37. The molecule has 0 atom stereocenters. The average molecular weight is 250 g/mol. The summed E-state index contributed by atoms with van der Waals surface area (Å²) in [6.45, 7) is 2.26. The molecule has 0 spiro atoms. The van der Waals surface area contributed by atoms with E-state index >= 15 is 0 Å². The van der Waals surface area contributed by atoms with Crippen molar-refractivity contribution in [2.45, 2.75) is 39.0 Å². The lowest BCUT2D eigenvalue weighted by atomic mass is 9.99. The van der Waals surface area contributed by atoms with Gasteiger partial charge in [-0.1, -0.05) is 62.6 Å². The fourth-order valence-corrected chi connectivity index (χ4v) is 2.80. The molecule has 0 aromatic heterocycles. The van der Waals surface area contributed by atoms with E-state index in [0.29, 0.717) is 0 Å². The lowest BCUT2D eigenvalue weighted by Crippen LogP contribution is -1.92. The van der Waals surface area contributed by atoms with Gasteiger partial charge in [-0.2, -0.15) is 0 Å². The molecule has 0 N–H and O–H groups in total. The maximum Gasteiger partial charge on any atom is 0.0748 e. The van der Waals surface area contributed by atoms with Crippen LogP contribution in [0.4, 0.5) is 11.4 Å². The van der Waals surface area contributed by atoms with Crippen LogP contribution in [0.1, 0.15) is 38.2 Å². The molecule has 2 aromatic carbocycles. The lowest BCUT2D eigenvalue weighted by molar-refractivity contribution is 0.666. The van der Waals surface area contributed by atoms with Gasteiger partial charge in [0.15, 0.2) is 0 Å². The molecule has 0 aliphatic carbocycles. The highest BCUT2D eigenvalue weighted by molar-refractivity contribution is 5.91. The minimum atomic E-state index is 1.12. The molecule has 0 unspecified atom stereocenters. The number of benzene rings is 2. The molecule has 0 amide bonds. The van der Waals surface area contributed by atoms with E-state index in [-0.39, 0.29) is 0 Å². The highest BCUT2D eigenvalue weighted by atomic mass is 14.9. The number of unbranched alkanes of at least 4 members (excludes halogenated alkanes) is 3. The van der Waals surface area contributed by atoms with Gasteiger partial charge in [0, 0.05) is 11.1 Å². The van der Waals surface area contributed by atoms with Crippen molar-refractivity contribution in [3.05, 3.63) is 48.0 Å². The number of hydrogen-bond donors (Lipinski definition) is 0. The molecule has 1 aliphatic rings. The fraction of sp³-hybridized carbons (Fsp3) is 0.333. The zero-order chi connectivity index (χ0) is 13.1. The molecule has 0 fully saturated rings. The molecule has 19 heavy (non-hydrogen) atoms. The molecule has 97 valence electrons. The minimum Gasteiger partial charge on any atom is -0.247 e. The van der Waals surface area contributed by atoms with Gasteiger partial charge in [0.2, 0.25) is 0 Å². The van der Waals surface area contributed by atoms with E-state index in [0.717, 1.165) is 12.1 Å². The van der Waals surface area contributed by atoms with Crippen LogP contribution in [0.25, 0.3) is 11.1 Å². The van der Waals surface area contributed by atoms with Crippen molar-refractivity contribution in [1.82, 2.24) is 5.32 Å². The molecule has 0 saturated carbocycles. The highest BCUT2D eigenvalue weighted by Crippen LogP contribution is 2.44. The molecule has 0 bridgehead atoms. The molecular weight excluding hydrogens is 230 g/mol. The molecule has 1 radical (unpaired) electrons. The van der Waals surface area contributed by atoms with Crippen LogP contribution >= 0.6 is 0 Å². The Morgan fingerprint density at radius 1 is 0.842 bits per heavy atom. The Kier molecular flexibility index (Phi) is 3.54. The average Bonchev–Trinajstić information content (AvgIpc) is 2.83. The Balaban J connectivity index is 1.82. The van der Waals surface area contributed by atoms with E-state index in [1.54, 1.807) is 0 Å². The first-order chi connectivity index (χ1) is 9.40. The van der Waals surface area contributed by atoms with Crippen LogP contribution in [0.15, 0.2) is 42.5 Å². The molecule has 3 rings (SSSR count). The van der Waals surface area contributed by atoms with E-state index in [1.165, 1.54) is 48.1 Å². The molecular formula is C18H20N. The smallest absolute Gasteiger partial charge is 0.0748 e. The topological polar surface area (TPSA) is 14.1 Å². The first-order valence-corrected chi connectivity index (χ1v) is 7.33. The second-order valence-electron chi connectivity index (χ2n) is 5.25. The van der Waals surface area contributed by atoms with Gasteiger partial charge in [-0.25, -0.2) is 5.32 Å². The summed E-state index contributed by atoms with van der Waals surface area (Å²) in [4.78, 5) is 0. The van der Waals surface area contributed by atoms with Gasteiger partial charge in [0.05, 0.1) is 11.4 Å². The Morgan fingerprint density at radius 2 is 1.68 bits per heavy atom. The third-order valence-corrected chi connectivity index (χ3v) is 3.85. The normalized spacial score (nSPS) is 11.8. The van der Waals surface area contributed by atoms with E-state index in [2.05, 4.69) is 49.4 Å². The maximum absolute atomic E-state index is 4.81. The van der Waals surface area contributed by atoms with Gasteiger partial charge in [-0.3, -0.25) is 0 Å². The zero-order valence-electron chi connectivity index (χ0n) is 11.5. The molecule has 1 heterocycles. The first-order valence-electron chi connectivity index (χ1n) is 7.33. The summed E-state index contributed by atoms with van der Waals surface area (Å²) in [5, 5.41) is 4.81. The Hall–Kier alpha value is -1.76. The summed E-state index contributed by atoms with van der Waals surface area (Å²) >= 11 is 0. The summed E-state index contributed by atoms with van der Waals surface area (Å²) in [5.41, 5.74) is 6.33. The summed E-state index contributed by atoms with van der Waals surface area (Å²) in [6, 6.07) is 15.0.